The summed E-state index contributed by atoms with van der Waals surface area (Å²) in [7, 11) is 1.52. The molecular weight excluding hydrogens is 267 g/mol. The van der Waals surface area contributed by atoms with Crippen molar-refractivity contribution in [3.63, 3.8) is 0 Å². The van der Waals surface area contributed by atoms with Crippen LogP contribution in [0, 0.1) is 11.7 Å². The third kappa shape index (κ3) is 3.38. The van der Waals surface area contributed by atoms with E-state index in [1.165, 1.54) is 20.0 Å². The lowest BCUT2D eigenvalue weighted by Crippen LogP contribution is -2.41. The topological polar surface area (TPSA) is 24.5 Å². The number of ether oxygens (including phenoxy) is 1. The van der Waals surface area contributed by atoms with Crippen molar-refractivity contribution in [3.05, 3.63) is 29.6 Å². The maximum absolute atomic E-state index is 14.4. The van der Waals surface area contributed by atoms with E-state index in [-0.39, 0.29) is 5.82 Å². The minimum absolute atomic E-state index is 0.215. The van der Waals surface area contributed by atoms with Gasteiger partial charge < -0.3 is 10.1 Å². The molecule has 3 nitrogen and oxygen atoms in total. The molecular formula is C17H25FN2O. The molecule has 0 spiro atoms. The number of hydrogen-bond acceptors (Lipinski definition) is 3. The molecule has 2 atom stereocenters. The molecule has 4 heteroatoms. The van der Waals surface area contributed by atoms with E-state index in [9.17, 15) is 4.39 Å². The Kier molecular flexibility index (Phi) is 4.45. The fraction of sp³-hybridized carbons (Fsp3) is 0.647. The van der Waals surface area contributed by atoms with Gasteiger partial charge >= 0.3 is 0 Å². The molecule has 1 aromatic rings. The first-order valence-corrected chi connectivity index (χ1v) is 7.98. The van der Waals surface area contributed by atoms with E-state index in [0.717, 1.165) is 31.0 Å². The fourth-order valence-corrected chi connectivity index (χ4v) is 3.25. The average Bonchev–Trinajstić information content (AvgIpc) is 3.31. The van der Waals surface area contributed by atoms with Crippen LogP contribution >= 0.6 is 0 Å². The van der Waals surface area contributed by atoms with E-state index in [1.54, 1.807) is 6.07 Å². The largest absolute Gasteiger partial charge is 0.494 e. The molecule has 21 heavy (non-hydrogen) atoms. The zero-order chi connectivity index (χ0) is 14.8. The summed E-state index contributed by atoms with van der Waals surface area (Å²) in [5.74, 6) is 0.951. The van der Waals surface area contributed by atoms with Crippen molar-refractivity contribution in [3.8, 4) is 5.75 Å². The fourth-order valence-electron chi connectivity index (χ4n) is 3.25. The number of rotatable bonds is 4. The molecule has 2 aliphatic rings. The molecule has 0 aromatic heterocycles. The zero-order valence-corrected chi connectivity index (χ0v) is 12.9. The molecule has 1 aromatic carbocycles. The normalized spacial score (nSPS) is 27.4. The summed E-state index contributed by atoms with van der Waals surface area (Å²) >= 11 is 0. The Bertz CT molecular complexity index is 490. The Morgan fingerprint density at radius 2 is 2.14 bits per heavy atom. The summed E-state index contributed by atoms with van der Waals surface area (Å²) in [6.45, 7) is 4.99. The Morgan fingerprint density at radius 3 is 2.86 bits per heavy atom. The molecule has 1 aliphatic carbocycles. The molecule has 1 saturated heterocycles. The van der Waals surface area contributed by atoms with Crippen LogP contribution in [0.4, 0.5) is 4.39 Å². The Morgan fingerprint density at radius 1 is 1.33 bits per heavy atom. The second-order valence-corrected chi connectivity index (χ2v) is 6.40. The zero-order valence-electron chi connectivity index (χ0n) is 12.9. The SMILES string of the molecule is COc1cccc(CN2CC(C3CC3)NCCC2C)c1F. The van der Waals surface area contributed by atoms with Gasteiger partial charge in [-0.2, -0.15) is 0 Å². The van der Waals surface area contributed by atoms with Gasteiger partial charge in [0, 0.05) is 30.7 Å². The summed E-state index contributed by atoms with van der Waals surface area (Å²) in [5, 5.41) is 3.67. The van der Waals surface area contributed by atoms with Crippen LogP contribution in [-0.2, 0) is 6.54 Å². The van der Waals surface area contributed by atoms with E-state index >= 15 is 0 Å². The third-order valence-electron chi connectivity index (χ3n) is 4.85. The lowest BCUT2D eigenvalue weighted by Gasteiger charge is -2.29. The predicted molar refractivity (Wildman–Crippen MR) is 82.0 cm³/mol. The first kappa shape index (κ1) is 14.8. The molecule has 0 bridgehead atoms. The molecule has 2 unspecified atom stereocenters. The molecule has 1 heterocycles. The van der Waals surface area contributed by atoms with Crippen LogP contribution < -0.4 is 10.1 Å². The summed E-state index contributed by atoms with van der Waals surface area (Å²) in [4.78, 5) is 2.42. The van der Waals surface area contributed by atoms with Gasteiger partial charge in [0.05, 0.1) is 7.11 Å². The van der Waals surface area contributed by atoms with Gasteiger partial charge in [0.25, 0.3) is 0 Å². The maximum Gasteiger partial charge on any atom is 0.169 e. The van der Waals surface area contributed by atoms with Crippen molar-refractivity contribution >= 4 is 0 Å². The second-order valence-electron chi connectivity index (χ2n) is 6.40. The van der Waals surface area contributed by atoms with E-state index in [0.29, 0.717) is 24.4 Å². The monoisotopic (exact) mass is 292 g/mol. The maximum atomic E-state index is 14.4. The lowest BCUT2D eigenvalue weighted by atomic mass is 10.1. The van der Waals surface area contributed by atoms with Crippen LogP contribution in [-0.4, -0.2) is 37.2 Å². The summed E-state index contributed by atoms with van der Waals surface area (Å²) in [6, 6.07) is 6.47. The molecule has 116 valence electrons. The molecule has 1 aliphatic heterocycles. The number of nitrogens with zero attached hydrogens (tertiary/aromatic N) is 1. The highest BCUT2D eigenvalue weighted by Gasteiger charge is 2.34. The van der Waals surface area contributed by atoms with Gasteiger partial charge in [0.1, 0.15) is 0 Å². The third-order valence-corrected chi connectivity index (χ3v) is 4.85. The van der Waals surface area contributed by atoms with Crippen LogP contribution in [0.15, 0.2) is 18.2 Å². The molecule has 3 rings (SSSR count). The minimum atomic E-state index is -0.215. The molecule has 0 radical (unpaired) electrons. The van der Waals surface area contributed by atoms with Gasteiger partial charge in [-0.15, -0.1) is 0 Å². The number of halogens is 1. The van der Waals surface area contributed by atoms with Crippen LogP contribution in [0.1, 0.15) is 31.7 Å². The van der Waals surface area contributed by atoms with E-state index in [2.05, 4.69) is 17.1 Å². The van der Waals surface area contributed by atoms with Gasteiger partial charge in [0.2, 0.25) is 0 Å². The minimum Gasteiger partial charge on any atom is -0.494 e. The molecule has 2 fully saturated rings. The van der Waals surface area contributed by atoms with Crippen molar-refractivity contribution in [2.75, 3.05) is 20.2 Å². The summed E-state index contributed by atoms with van der Waals surface area (Å²) in [5.41, 5.74) is 0.734. The van der Waals surface area contributed by atoms with Crippen molar-refractivity contribution in [2.24, 2.45) is 5.92 Å². The number of hydrogen-bond donors (Lipinski definition) is 1. The van der Waals surface area contributed by atoms with Crippen molar-refractivity contribution in [1.29, 1.82) is 0 Å². The number of nitrogens with one attached hydrogen (secondary N) is 1. The van der Waals surface area contributed by atoms with Gasteiger partial charge in [-0.3, -0.25) is 4.90 Å². The second kappa shape index (κ2) is 6.32. The predicted octanol–water partition coefficient (Wildman–Crippen LogP) is 2.80. The molecule has 0 amide bonds. The number of methoxy groups -OCH3 is 1. The van der Waals surface area contributed by atoms with E-state index < -0.39 is 0 Å². The first-order valence-electron chi connectivity index (χ1n) is 7.98. The van der Waals surface area contributed by atoms with E-state index in [4.69, 9.17) is 4.74 Å². The van der Waals surface area contributed by atoms with Gasteiger partial charge in [0.15, 0.2) is 11.6 Å². The molecule has 1 saturated carbocycles. The summed E-state index contributed by atoms with van der Waals surface area (Å²) in [6.07, 6.45) is 3.80. The van der Waals surface area contributed by atoms with Crippen molar-refractivity contribution < 1.29 is 9.13 Å². The van der Waals surface area contributed by atoms with Gasteiger partial charge in [-0.25, -0.2) is 4.39 Å². The molecule has 1 N–H and O–H groups in total. The highest BCUT2D eigenvalue weighted by atomic mass is 19.1. The quantitative estimate of drug-likeness (QED) is 0.923. The standard InChI is InChI=1S/C17H25FN2O/c1-12-8-9-19-15(13-6-7-13)11-20(12)10-14-4-3-5-16(21-2)17(14)18/h3-5,12-13,15,19H,6-11H2,1-2H3. The van der Waals surface area contributed by atoms with Crippen molar-refractivity contribution in [1.82, 2.24) is 10.2 Å². The van der Waals surface area contributed by atoms with Crippen molar-refractivity contribution in [2.45, 2.75) is 44.8 Å². The lowest BCUT2D eigenvalue weighted by molar-refractivity contribution is 0.188. The average molecular weight is 292 g/mol. The Labute approximate surface area is 126 Å². The number of benzene rings is 1. The van der Waals surface area contributed by atoms with Crippen LogP contribution in [0.5, 0.6) is 5.75 Å². The van der Waals surface area contributed by atoms with E-state index in [1.807, 2.05) is 12.1 Å². The van der Waals surface area contributed by atoms with Crippen LogP contribution in [0.25, 0.3) is 0 Å². The Hall–Kier alpha value is -1.13. The van der Waals surface area contributed by atoms with Gasteiger partial charge in [-0.1, -0.05) is 12.1 Å². The Balaban J connectivity index is 1.74. The van der Waals surface area contributed by atoms with Crippen LogP contribution in [0.3, 0.4) is 0 Å². The first-order chi connectivity index (χ1) is 10.2. The van der Waals surface area contributed by atoms with Crippen LogP contribution in [0.2, 0.25) is 0 Å². The highest BCUT2D eigenvalue weighted by Crippen LogP contribution is 2.34. The smallest absolute Gasteiger partial charge is 0.169 e. The summed E-state index contributed by atoms with van der Waals surface area (Å²) < 4.78 is 19.4. The highest BCUT2D eigenvalue weighted by molar-refractivity contribution is 5.31. The van der Waals surface area contributed by atoms with Gasteiger partial charge in [-0.05, 0) is 44.7 Å².